The van der Waals surface area contributed by atoms with E-state index in [0.29, 0.717) is 0 Å². The molecule has 0 bridgehead atoms. The van der Waals surface area contributed by atoms with Crippen molar-refractivity contribution in [2.24, 2.45) is 0 Å². The number of nitriles is 2. The molecule has 6 nitrogen and oxygen atoms in total. The summed E-state index contributed by atoms with van der Waals surface area (Å²) in [5.41, 5.74) is -0.298. The molecule has 0 spiro atoms. The summed E-state index contributed by atoms with van der Waals surface area (Å²) in [6.07, 6.45) is -0.172. The van der Waals surface area contributed by atoms with Crippen molar-refractivity contribution in [3.8, 4) is 17.9 Å². The molecule has 0 radical (unpaired) electrons. The molecule has 1 aromatic carbocycles. The first-order valence-electron chi connectivity index (χ1n) is 4.27. The first-order valence-corrected chi connectivity index (χ1v) is 4.27. The molecule has 16 heavy (non-hydrogen) atoms. The predicted octanol–water partition coefficient (Wildman–Crippen LogP) is 1.54. The van der Waals surface area contributed by atoms with Crippen LogP contribution in [0.25, 0.3) is 0 Å². The molecule has 6 heteroatoms. The van der Waals surface area contributed by atoms with Crippen LogP contribution in [0.4, 0.5) is 5.69 Å². The molecular formula is C10H7N3O3. The summed E-state index contributed by atoms with van der Waals surface area (Å²) in [6.45, 7) is 0. The van der Waals surface area contributed by atoms with Crippen molar-refractivity contribution < 1.29 is 9.66 Å². The first-order chi connectivity index (χ1) is 7.65. The summed E-state index contributed by atoms with van der Waals surface area (Å²) < 4.78 is 4.92. The van der Waals surface area contributed by atoms with Gasteiger partial charge in [-0.3, -0.25) is 10.1 Å². The Morgan fingerprint density at radius 1 is 1.50 bits per heavy atom. The topological polar surface area (TPSA) is 99.9 Å². The number of nitro benzene ring substituents is 1. The Bertz CT molecular complexity index is 511. The fourth-order valence-corrected chi connectivity index (χ4v) is 1.36. The Morgan fingerprint density at radius 3 is 2.62 bits per heavy atom. The van der Waals surface area contributed by atoms with Gasteiger partial charge < -0.3 is 4.74 Å². The molecule has 0 saturated heterocycles. The van der Waals surface area contributed by atoms with Gasteiger partial charge in [-0.15, -0.1) is 0 Å². The lowest BCUT2D eigenvalue weighted by Crippen LogP contribution is -2.01. The van der Waals surface area contributed by atoms with Gasteiger partial charge in [-0.25, -0.2) is 0 Å². The van der Waals surface area contributed by atoms with Crippen molar-refractivity contribution in [3.05, 3.63) is 33.4 Å². The van der Waals surface area contributed by atoms with Crippen LogP contribution in [0.2, 0.25) is 0 Å². The van der Waals surface area contributed by atoms with Gasteiger partial charge in [0.25, 0.3) is 5.69 Å². The zero-order chi connectivity index (χ0) is 12.1. The van der Waals surface area contributed by atoms with Gasteiger partial charge in [-0.1, -0.05) is 0 Å². The fourth-order valence-electron chi connectivity index (χ4n) is 1.36. The lowest BCUT2D eigenvalue weighted by molar-refractivity contribution is -0.385. The van der Waals surface area contributed by atoms with E-state index >= 15 is 0 Å². The maximum absolute atomic E-state index is 10.8. The highest BCUT2D eigenvalue weighted by Gasteiger charge is 2.23. The molecule has 0 saturated carbocycles. The third kappa shape index (κ3) is 1.91. The molecule has 1 aromatic rings. The van der Waals surface area contributed by atoms with Crippen LogP contribution in [0.1, 0.15) is 11.1 Å². The molecule has 0 N–H and O–H groups in total. The zero-order valence-electron chi connectivity index (χ0n) is 8.43. The van der Waals surface area contributed by atoms with E-state index in [-0.39, 0.29) is 29.0 Å². The Balaban J connectivity index is 3.56. The van der Waals surface area contributed by atoms with E-state index in [2.05, 4.69) is 0 Å². The molecule has 80 valence electrons. The van der Waals surface area contributed by atoms with E-state index in [0.717, 1.165) is 0 Å². The Labute approximate surface area is 91.4 Å². The van der Waals surface area contributed by atoms with Crippen molar-refractivity contribution in [1.82, 2.24) is 0 Å². The van der Waals surface area contributed by atoms with Gasteiger partial charge in [-0.2, -0.15) is 10.5 Å². The SMILES string of the molecule is COc1ccc(C#N)c([N+](=O)[O-])c1CC#N. The summed E-state index contributed by atoms with van der Waals surface area (Å²) in [6, 6.07) is 6.28. The molecule has 0 unspecified atom stereocenters. The molecule has 0 fully saturated rings. The highest BCUT2D eigenvalue weighted by atomic mass is 16.6. The fraction of sp³-hybridized carbons (Fsp3) is 0.200. The average molecular weight is 217 g/mol. The molecule has 0 aromatic heterocycles. The second-order valence-electron chi connectivity index (χ2n) is 2.85. The van der Waals surface area contributed by atoms with E-state index in [1.807, 2.05) is 6.07 Å². The smallest absolute Gasteiger partial charge is 0.295 e. The van der Waals surface area contributed by atoms with Gasteiger partial charge in [0.05, 0.1) is 30.1 Å². The molecule has 0 heterocycles. The molecule has 0 aliphatic rings. The van der Waals surface area contributed by atoms with Crippen molar-refractivity contribution >= 4 is 5.69 Å². The number of hydrogen-bond donors (Lipinski definition) is 0. The standard InChI is InChI=1S/C10H7N3O3/c1-16-9-3-2-7(6-12)10(13(14)15)8(9)4-5-11/h2-3H,4H2,1H3. The number of methoxy groups -OCH3 is 1. The quantitative estimate of drug-likeness (QED) is 0.564. The summed E-state index contributed by atoms with van der Waals surface area (Å²) in [4.78, 5) is 10.2. The number of nitro groups is 1. The van der Waals surface area contributed by atoms with Crippen LogP contribution in [-0.4, -0.2) is 12.0 Å². The Morgan fingerprint density at radius 2 is 2.19 bits per heavy atom. The third-order valence-electron chi connectivity index (χ3n) is 2.02. The number of benzene rings is 1. The predicted molar refractivity (Wildman–Crippen MR) is 53.7 cm³/mol. The van der Waals surface area contributed by atoms with Crippen LogP contribution in [-0.2, 0) is 6.42 Å². The number of nitrogens with zero attached hydrogens (tertiary/aromatic N) is 3. The summed E-state index contributed by atoms with van der Waals surface area (Å²) in [5.74, 6) is 0.243. The maximum atomic E-state index is 10.8. The molecule has 1 rings (SSSR count). The van der Waals surface area contributed by atoms with E-state index in [9.17, 15) is 10.1 Å². The summed E-state index contributed by atoms with van der Waals surface area (Å²) >= 11 is 0. The molecular weight excluding hydrogens is 210 g/mol. The van der Waals surface area contributed by atoms with Crippen molar-refractivity contribution in [2.75, 3.05) is 7.11 Å². The largest absolute Gasteiger partial charge is 0.496 e. The third-order valence-corrected chi connectivity index (χ3v) is 2.02. The van der Waals surface area contributed by atoms with E-state index in [1.165, 1.54) is 19.2 Å². The van der Waals surface area contributed by atoms with Crippen LogP contribution >= 0.6 is 0 Å². The highest BCUT2D eigenvalue weighted by molar-refractivity contribution is 5.60. The van der Waals surface area contributed by atoms with E-state index in [1.54, 1.807) is 6.07 Å². The van der Waals surface area contributed by atoms with Crippen molar-refractivity contribution in [2.45, 2.75) is 6.42 Å². The van der Waals surface area contributed by atoms with Gasteiger partial charge in [-0.05, 0) is 12.1 Å². The molecule has 0 aliphatic carbocycles. The van der Waals surface area contributed by atoms with Crippen LogP contribution in [0.15, 0.2) is 12.1 Å². The van der Waals surface area contributed by atoms with Crippen LogP contribution in [0.5, 0.6) is 5.75 Å². The van der Waals surface area contributed by atoms with E-state index in [4.69, 9.17) is 15.3 Å². The Hall–Kier alpha value is -2.60. The van der Waals surface area contributed by atoms with Gasteiger partial charge >= 0.3 is 0 Å². The lowest BCUT2D eigenvalue weighted by Gasteiger charge is -2.06. The zero-order valence-corrected chi connectivity index (χ0v) is 8.43. The number of rotatable bonds is 3. The average Bonchev–Trinajstić information content (AvgIpc) is 2.28. The maximum Gasteiger partial charge on any atom is 0.295 e. The molecule has 0 atom stereocenters. The second kappa shape index (κ2) is 4.76. The minimum absolute atomic E-state index is 0.0731. The monoisotopic (exact) mass is 217 g/mol. The first kappa shape index (κ1) is 11.5. The van der Waals surface area contributed by atoms with Crippen LogP contribution < -0.4 is 4.74 Å². The lowest BCUT2D eigenvalue weighted by atomic mass is 10.0. The number of hydrogen-bond acceptors (Lipinski definition) is 5. The van der Waals surface area contributed by atoms with Gasteiger partial charge in [0.1, 0.15) is 17.4 Å². The minimum Gasteiger partial charge on any atom is -0.496 e. The van der Waals surface area contributed by atoms with Crippen molar-refractivity contribution in [1.29, 1.82) is 10.5 Å². The highest BCUT2D eigenvalue weighted by Crippen LogP contribution is 2.31. The second-order valence-corrected chi connectivity index (χ2v) is 2.85. The minimum atomic E-state index is -0.673. The van der Waals surface area contributed by atoms with E-state index < -0.39 is 4.92 Å². The van der Waals surface area contributed by atoms with Gasteiger partial charge in [0.2, 0.25) is 0 Å². The van der Waals surface area contributed by atoms with Gasteiger partial charge in [0, 0.05) is 0 Å². The van der Waals surface area contributed by atoms with Crippen molar-refractivity contribution in [3.63, 3.8) is 0 Å². The van der Waals surface area contributed by atoms with Crippen LogP contribution in [0, 0.1) is 32.8 Å². The summed E-state index contributed by atoms with van der Waals surface area (Å²) in [7, 11) is 1.35. The molecule has 0 aliphatic heterocycles. The van der Waals surface area contributed by atoms with Gasteiger partial charge in [0.15, 0.2) is 0 Å². The Kier molecular flexibility index (Phi) is 3.41. The normalized spacial score (nSPS) is 8.94. The summed E-state index contributed by atoms with van der Waals surface area (Å²) in [5, 5.41) is 28.2. The number of ether oxygens (including phenoxy) is 1. The van der Waals surface area contributed by atoms with Crippen LogP contribution in [0.3, 0.4) is 0 Å². The molecule has 0 amide bonds.